The summed E-state index contributed by atoms with van der Waals surface area (Å²) in [5.41, 5.74) is 0. The third kappa shape index (κ3) is 36.9. The smallest absolute Gasteiger partial charge is 0.362 e. The molecule has 0 bridgehead atoms. The molecule has 56 heavy (non-hydrogen) atoms. The van der Waals surface area contributed by atoms with Crippen LogP contribution < -0.4 is 0 Å². The second-order valence-corrected chi connectivity index (χ2v) is 16.3. The summed E-state index contributed by atoms with van der Waals surface area (Å²) in [7, 11) is 5.52. The molecule has 0 aromatic rings. The lowest BCUT2D eigenvalue weighted by Gasteiger charge is -2.31. The Morgan fingerprint density at radius 2 is 1.00 bits per heavy atom. The number of ether oxygens (including phenoxy) is 3. The number of carboxylic acids is 1. The number of quaternary nitrogens is 1. The number of carbonyl (C=O) groups is 3. The van der Waals surface area contributed by atoms with Crippen LogP contribution in [0.4, 0.5) is 0 Å². The molecule has 0 aromatic heterocycles. The molecule has 0 aliphatic carbocycles. The molecule has 0 rings (SSSR count). The van der Waals surface area contributed by atoms with Crippen molar-refractivity contribution in [1.29, 1.82) is 0 Å². The molecule has 0 saturated carbocycles. The van der Waals surface area contributed by atoms with E-state index in [2.05, 4.69) is 62.5 Å². The highest BCUT2D eigenvalue weighted by Gasteiger charge is 2.31. The Bertz CT molecular complexity index is 1060. The molecule has 0 fully saturated rings. The summed E-state index contributed by atoms with van der Waals surface area (Å²) < 4.78 is 17.3. The first-order valence-corrected chi connectivity index (χ1v) is 22.7. The van der Waals surface area contributed by atoms with E-state index in [0.29, 0.717) is 19.3 Å². The third-order valence-corrected chi connectivity index (χ3v) is 9.99. The first kappa shape index (κ1) is 53.3. The zero-order valence-electron chi connectivity index (χ0n) is 36.8. The second-order valence-electron chi connectivity index (χ2n) is 16.3. The van der Waals surface area contributed by atoms with Crippen molar-refractivity contribution in [2.75, 3.05) is 41.0 Å². The molecule has 0 radical (unpaired) electrons. The van der Waals surface area contributed by atoms with Crippen LogP contribution in [-0.2, 0) is 28.6 Å². The summed E-state index contributed by atoms with van der Waals surface area (Å²) in [6.07, 6.45) is 45.7. The highest BCUT2D eigenvalue weighted by atomic mass is 16.6. The molecule has 0 heterocycles. The second kappa shape index (κ2) is 39.1. The van der Waals surface area contributed by atoms with E-state index >= 15 is 0 Å². The topological polar surface area (TPSA) is 99.1 Å². The van der Waals surface area contributed by atoms with E-state index in [0.717, 1.165) is 77.0 Å². The highest BCUT2D eigenvalue weighted by Crippen LogP contribution is 2.15. The number of allylic oxidation sites excluding steroid dienone is 8. The Balaban J connectivity index is 4.33. The lowest BCUT2D eigenvalue weighted by molar-refractivity contribution is -0.887. The van der Waals surface area contributed by atoms with Crippen LogP contribution in [0.5, 0.6) is 0 Å². The number of rotatable bonds is 40. The van der Waals surface area contributed by atoms with E-state index in [-0.39, 0.29) is 36.2 Å². The number of nitrogens with zero attached hydrogens (tertiary/aromatic N) is 1. The van der Waals surface area contributed by atoms with Gasteiger partial charge in [-0.25, -0.2) is 4.79 Å². The monoisotopic (exact) mass is 789 g/mol. The van der Waals surface area contributed by atoms with Gasteiger partial charge in [0.05, 0.1) is 34.4 Å². The van der Waals surface area contributed by atoms with Crippen molar-refractivity contribution in [2.45, 2.75) is 199 Å². The van der Waals surface area contributed by atoms with Crippen molar-refractivity contribution in [3.63, 3.8) is 0 Å². The molecular weight excluding hydrogens is 703 g/mol. The van der Waals surface area contributed by atoms with Crippen LogP contribution in [0.15, 0.2) is 48.6 Å². The molecule has 2 unspecified atom stereocenters. The van der Waals surface area contributed by atoms with Crippen LogP contribution in [-0.4, -0.2) is 80.6 Å². The summed E-state index contributed by atoms with van der Waals surface area (Å²) in [6.45, 7) is 4.61. The largest absolute Gasteiger partial charge is 0.477 e. The lowest BCUT2D eigenvalue weighted by atomic mass is 10.0. The van der Waals surface area contributed by atoms with Crippen molar-refractivity contribution in [3.8, 4) is 0 Å². The highest BCUT2D eigenvalue weighted by molar-refractivity contribution is 5.72. The molecule has 0 spiro atoms. The Labute approximate surface area is 344 Å². The fourth-order valence-corrected chi connectivity index (χ4v) is 6.49. The first-order valence-electron chi connectivity index (χ1n) is 22.7. The van der Waals surface area contributed by atoms with E-state index < -0.39 is 18.1 Å². The Hall–Kier alpha value is -2.71. The molecular formula is C48H86NO7+. The number of esters is 2. The quantitative estimate of drug-likeness (QED) is 0.0286. The number of likely N-dealkylation sites (N-methyl/N-ethyl adjacent to an activating group) is 1. The van der Waals surface area contributed by atoms with E-state index in [4.69, 9.17) is 14.2 Å². The molecule has 0 aliphatic rings. The zero-order chi connectivity index (χ0) is 41.4. The summed E-state index contributed by atoms with van der Waals surface area (Å²) >= 11 is 0. The maximum atomic E-state index is 12.7. The van der Waals surface area contributed by atoms with Gasteiger partial charge in [0.2, 0.25) is 0 Å². The molecule has 324 valence electrons. The normalized spacial score (nSPS) is 13.4. The summed E-state index contributed by atoms with van der Waals surface area (Å²) in [6, 6.07) is -0.616. The van der Waals surface area contributed by atoms with E-state index in [9.17, 15) is 19.5 Å². The predicted octanol–water partition coefficient (Wildman–Crippen LogP) is 12.4. The number of unbranched alkanes of at least 4 members (excludes halogenated alkanes) is 18. The maximum Gasteiger partial charge on any atom is 0.362 e. The van der Waals surface area contributed by atoms with Crippen LogP contribution in [0, 0.1) is 0 Å². The summed E-state index contributed by atoms with van der Waals surface area (Å²) in [5.74, 6) is -1.48. The van der Waals surface area contributed by atoms with E-state index in [1.165, 1.54) is 77.0 Å². The Morgan fingerprint density at radius 1 is 0.554 bits per heavy atom. The van der Waals surface area contributed by atoms with Gasteiger partial charge in [0.25, 0.3) is 0 Å². The predicted molar refractivity (Wildman–Crippen MR) is 234 cm³/mol. The van der Waals surface area contributed by atoms with Crippen LogP contribution in [0.2, 0.25) is 0 Å². The van der Waals surface area contributed by atoms with Gasteiger partial charge in [-0.05, 0) is 51.4 Å². The molecule has 0 aliphatic heterocycles. The first-order chi connectivity index (χ1) is 27.1. The summed E-state index contributed by atoms with van der Waals surface area (Å²) in [5, 5.41) is 9.62. The van der Waals surface area contributed by atoms with Gasteiger partial charge in [0.15, 0.2) is 12.1 Å². The number of aliphatic carboxylic acids is 1. The zero-order valence-corrected chi connectivity index (χ0v) is 36.8. The molecule has 0 amide bonds. The van der Waals surface area contributed by atoms with Gasteiger partial charge < -0.3 is 23.8 Å². The van der Waals surface area contributed by atoms with Gasteiger partial charge in [0.1, 0.15) is 6.61 Å². The summed E-state index contributed by atoms with van der Waals surface area (Å²) in [4.78, 5) is 37.0. The lowest BCUT2D eigenvalue weighted by Crippen LogP contribution is -2.50. The van der Waals surface area contributed by atoms with Crippen molar-refractivity contribution >= 4 is 17.9 Å². The third-order valence-electron chi connectivity index (χ3n) is 9.99. The average Bonchev–Trinajstić information content (AvgIpc) is 3.15. The van der Waals surface area contributed by atoms with Gasteiger partial charge in [0, 0.05) is 19.3 Å². The van der Waals surface area contributed by atoms with Gasteiger partial charge in [-0.2, -0.15) is 0 Å². The van der Waals surface area contributed by atoms with Crippen LogP contribution >= 0.6 is 0 Å². The Kier molecular flexibility index (Phi) is 37.2. The van der Waals surface area contributed by atoms with Gasteiger partial charge in [-0.15, -0.1) is 0 Å². The molecule has 2 atom stereocenters. The fourth-order valence-electron chi connectivity index (χ4n) is 6.49. The standard InChI is InChI=1S/C48H85NO7/c1-6-8-10-12-14-16-18-20-21-22-23-24-25-27-28-30-32-34-36-38-46(50)55-43-44(42-54-41-40-45(48(52)53)49(3,4)5)56-47(51)39-37-35-33-31-29-26-19-17-15-13-11-9-7-2/h8,10,14,16,20-21,23-24,44-45H,6-7,9,11-13,15,17-19,22,25-43H2,1-5H3/p+1/b10-8+,16-14+,21-20+,24-23+. The van der Waals surface area contributed by atoms with Gasteiger partial charge in [-0.3, -0.25) is 9.59 Å². The minimum absolute atomic E-state index is 0.0574. The van der Waals surface area contributed by atoms with Crippen molar-refractivity contribution in [3.05, 3.63) is 48.6 Å². The van der Waals surface area contributed by atoms with Gasteiger partial charge in [-0.1, -0.05) is 165 Å². The average molecular weight is 789 g/mol. The van der Waals surface area contributed by atoms with Crippen LogP contribution in [0.25, 0.3) is 0 Å². The fraction of sp³-hybridized carbons (Fsp3) is 0.771. The minimum Gasteiger partial charge on any atom is -0.477 e. The molecule has 0 saturated heterocycles. The molecule has 1 N–H and O–H groups in total. The molecule has 8 nitrogen and oxygen atoms in total. The maximum absolute atomic E-state index is 12.7. The van der Waals surface area contributed by atoms with Crippen molar-refractivity contribution in [2.24, 2.45) is 0 Å². The number of hydrogen-bond acceptors (Lipinski definition) is 6. The molecule has 0 aromatic carbocycles. The van der Waals surface area contributed by atoms with Crippen LogP contribution in [0.1, 0.15) is 187 Å². The SMILES string of the molecule is CC/C=C/C/C=C/C/C=C/C/C=C/CCCCCCCCC(=O)OCC(COCCC(C(=O)O)[N+](C)(C)C)OC(=O)CCCCCCCCCCCCCCC. The van der Waals surface area contributed by atoms with Crippen molar-refractivity contribution < 1.29 is 38.2 Å². The van der Waals surface area contributed by atoms with Crippen molar-refractivity contribution in [1.82, 2.24) is 0 Å². The number of carbonyl (C=O) groups excluding carboxylic acids is 2. The molecule has 8 heteroatoms. The van der Waals surface area contributed by atoms with Crippen LogP contribution in [0.3, 0.4) is 0 Å². The Morgan fingerprint density at radius 3 is 1.48 bits per heavy atom. The van der Waals surface area contributed by atoms with E-state index in [1.54, 1.807) is 0 Å². The van der Waals surface area contributed by atoms with Gasteiger partial charge >= 0.3 is 17.9 Å². The number of hydrogen-bond donors (Lipinski definition) is 1. The number of carboxylic acid groups (broad SMARTS) is 1. The van der Waals surface area contributed by atoms with E-state index in [1.807, 2.05) is 21.1 Å². The minimum atomic E-state index is -0.877.